The molecule has 2 aliphatic heterocycles. The maximum atomic E-state index is 12.4. The number of rotatable bonds is 7. The summed E-state index contributed by atoms with van der Waals surface area (Å²) >= 11 is 0. The summed E-state index contributed by atoms with van der Waals surface area (Å²) in [5.74, 6) is 0.354. The normalized spacial score (nSPS) is 21.5. The molecule has 1 atom stereocenters. The zero-order chi connectivity index (χ0) is 19.9. The van der Waals surface area contributed by atoms with Crippen LogP contribution in [0.4, 0.5) is 0 Å². The molecule has 1 unspecified atom stereocenters. The molecule has 1 aromatic heterocycles. The first kappa shape index (κ1) is 21.2. The van der Waals surface area contributed by atoms with Gasteiger partial charge in [0.15, 0.2) is 0 Å². The van der Waals surface area contributed by atoms with Crippen LogP contribution in [0, 0.1) is 12.8 Å². The van der Waals surface area contributed by atoms with Crippen LogP contribution in [-0.2, 0) is 16.1 Å². The molecule has 28 heavy (non-hydrogen) atoms. The minimum absolute atomic E-state index is 0.0859. The maximum absolute atomic E-state index is 12.4. The van der Waals surface area contributed by atoms with Crippen molar-refractivity contribution in [2.45, 2.75) is 58.2 Å². The quantitative estimate of drug-likeness (QED) is 0.776. The molecule has 156 valence electrons. The van der Waals surface area contributed by atoms with Crippen LogP contribution in [0.2, 0.25) is 0 Å². The number of aromatic nitrogens is 1. The summed E-state index contributed by atoms with van der Waals surface area (Å²) in [7, 11) is 1.67. The molecule has 1 amide bonds. The van der Waals surface area contributed by atoms with E-state index in [1.165, 1.54) is 18.5 Å². The fourth-order valence-corrected chi connectivity index (χ4v) is 4.54. The van der Waals surface area contributed by atoms with Gasteiger partial charge in [0.25, 0.3) is 0 Å². The van der Waals surface area contributed by atoms with Crippen LogP contribution in [0.25, 0.3) is 0 Å². The van der Waals surface area contributed by atoms with E-state index >= 15 is 0 Å². The van der Waals surface area contributed by atoms with Gasteiger partial charge in [-0.05, 0) is 64.8 Å². The average molecular weight is 389 g/mol. The molecule has 2 saturated heterocycles. The van der Waals surface area contributed by atoms with Gasteiger partial charge >= 0.3 is 0 Å². The number of carbonyl (C=O) groups excluding carboxylic acids is 1. The third-order valence-electron chi connectivity index (χ3n) is 6.11. The van der Waals surface area contributed by atoms with Crippen molar-refractivity contribution in [2.24, 2.45) is 5.92 Å². The minimum Gasteiger partial charge on any atom is -0.383 e. The number of hydrogen-bond donors (Lipinski definition) is 1. The van der Waals surface area contributed by atoms with Crippen molar-refractivity contribution in [1.29, 1.82) is 0 Å². The first-order valence-electron chi connectivity index (χ1n) is 10.7. The van der Waals surface area contributed by atoms with Gasteiger partial charge < -0.3 is 15.0 Å². The lowest BCUT2D eigenvalue weighted by atomic mass is 9.92. The van der Waals surface area contributed by atoms with Crippen molar-refractivity contribution < 1.29 is 9.53 Å². The molecule has 1 N–H and O–H groups in total. The molecule has 1 aromatic rings. The maximum Gasteiger partial charge on any atom is 0.223 e. The molecule has 0 saturated carbocycles. The second-order valence-corrected chi connectivity index (χ2v) is 8.45. The van der Waals surface area contributed by atoms with Gasteiger partial charge in [0.1, 0.15) is 0 Å². The van der Waals surface area contributed by atoms with Crippen molar-refractivity contribution in [3.63, 3.8) is 0 Å². The largest absolute Gasteiger partial charge is 0.383 e. The number of hydrogen-bond acceptors (Lipinski definition) is 5. The Morgan fingerprint density at radius 3 is 2.57 bits per heavy atom. The number of methoxy groups -OCH3 is 1. The Morgan fingerprint density at radius 2 is 1.93 bits per heavy atom. The highest BCUT2D eigenvalue weighted by molar-refractivity contribution is 5.79. The van der Waals surface area contributed by atoms with Crippen molar-refractivity contribution in [3.05, 3.63) is 29.6 Å². The number of nitrogens with zero attached hydrogens (tertiary/aromatic N) is 3. The minimum atomic E-state index is 0.0859. The Balaban J connectivity index is 1.38. The van der Waals surface area contributed by atoms with Crippen LogP contribution in [0.5, 0.6) is 0 Å². The summed E-state index contributed by atoms with van der Waals surface area (Å²) in [6.07, 6.45) is 4.37. The number of amides is 1. The summed E-state index contributed by atoms with van der Waals surface area (Å²) in [6, 6.07) is 7.03. The highest BCUT2D eigenvalue weighted by Gasteiger charge is 2.31. The van der Waals surface area contributed by atoms with Crippen molar-refractivity contribution >= 4 is 5.91 Å². The zero-order valence-electron chi connectivity index (χ0n) is 17.7. The molecule has 0 radical (unpaired) electrons. The van der Waals surface area contributed by atoms with E-state index < -0.39 is 0 Å². The van der Waals surface area contributed by atoms with Gasteiger partial charge in [-0.25, -0.2) is 0 Å². The first-order chi connectivity index (χ1) is 13.5. The summed E-state index contributed by atoms with van der Waals surface area (Å²) in [6.45, 7) is 9.93. The fourth-order valence-electron chi connectivity index (χ4n) is 4.54. The molecule has 6 nitrogen and oxygen atoms in total. The number of piperidine rings is 2. The van der Waals surface area contributed by atoms with Crippen LogP contribution in [0.15, 0.2) is 18.2 Å². The van der Waals surface area contributed by atoms with Crippen LogP contribution in [0.1, 0.15) is 44.0 Å². The molecule has 3 heterocycles. The van der Waals surface area contributed by atoms with Crippen LogP contribution < -0.4 is 5.32 Å². The molecule has 0 aliphatic carbocycles. The molecule has 3 rings (SSSR count). The third-order valence-corrected chi connectivity index (χ3v) is 6.11. The van der Waals surface area contributed by atoms with Crippen molar-refractivity contribution in [1.82, 2.24) is 20.1 Å². The Kier molecular flexibility index (Phi) is 7.82. The van der Waals surface area contributed by atoms with Crippen molar-refractivity contribution in [3.8, 4) is 0 Å². The average Bonchev–Trinajstić information content (AvgIpc) is 2.69. The van der Waals surface area contributed by atoms with Gasteiger partial charge in [-0.2, -0.15) is 0 Å². The van der Waals surface area contributed by atoms with Crippen LogP contribution in [0.3, 0.4) is 0 Å². The van der Waals surface area contributed by atoms with Gasteiger partial charge in [0.05, 0.1) is 12.3 Å². The highest BCUT2D eigenvalue weighted by atomic mass is 16.5. The molecular weight excluding hydrogens is 352 g/mol. The zero-order valence-corrected chi connectivity index (χ0v) is 17.7. The standard InChI is InChI=1S/C22H36N4O2/c1-17-5-4-6-20(23-17)15-25-11-9-21(10-12-25)26-13-7-19(8-14-26)22(27)24-18(2)16-28-3/h4-6,18-19,21H,7-16H2,1-3H3,(H,24,27). The van der Waals surface area contributed by atoms with E-state index in [0.29, 0.717) is 12.6 Å². The molecule has 0 spiro atoms. The van der Waals surface area contributed by atoms with E-state index in [9.17, 15) is 4.79 Å². The van der Waals surface area contributed by atoms with E-state index in [2.05, 4.69) is 45.2 Å². The second kappa shape index (κ2) is 10.3. The predicted octanol–water partition coefficient (Wildman–Crippen LogP) is 2.22. The number of pyridine rings is 1. The molecule has 2 fully saturated rings. The predicted molar refractivity (Wildman–Crippen MR) is 111 cm³/mol. The third kappa shape index (κ3) is 6.00. The van der Waals surface area contributed by atoms with Gasteiger partial charge in [0, 0.05) is 50.4 Å². The number of ether oxygens (including phenoxy) is 1. The number of aryl methyl sites for hydroxylation is 1. The lowest BCUT2D eigenvalue weighted by Gasteiger charge is -2.41. The number of carbonyl (C=O) groups is 1. The fraction of sp³-hybridized carbons (Fsp3) is 0.727. The molecule has 0 aromatic carbocycles. The smallest absolute Gasteiger partial charge is 0.223 e. The monoisotopic (exact) mass is 388 g/mol. The molecule has 6 heteroatoms. The van der Waals surface area contributed by atoms with Gasteiger partial charge in [-0.1, -0.05) is 6.07 Å². The summed E-state index contributed by atoms with van der Waals surface area (Å²) in [5.41, 5.74) is 2.27. The van der Waals surface area contributed by atoms with Crippen LogP contribution >= 0.6 is 0 Å². The SMILES string of the molecule is COCC(C)NC(=O)C1CCN(C2CCN(Cc3cccc(C)n3)CC2)CC1. The van der Waals surface area contributed by atoms with E-state index in [0.717, 1.165) is 51.3 Å². The van der Waals surface area contributed by atoms with Gasteiger partial charge in [-0.15, -0.1) is 0 Å². The van der Waals surface area contributed by atoms with E-state index in [4.69, 9.17) is 4.74 Å². The highest BCUT2D eigenvalue weighted by Crippen LogP contribution is 2.24. The Hall–Kier alpha value is -1.50. The molecule has 0 bridgehead atoms. The summed E-state index contributed by atoms with van der Waals surface area (Å²) in [5, 5.41) is 3.08. The van der Waals surface area contributed by atoms with Gasteiger partial charge in [0.2, 0.25) is 5.91 Å². The lowest BCUT2D eigenvalue weighted by Crippen LogP contribution is -2.49. The van der Waals surface area contributed by atoms with Gasteiger partial charge in [-0.3, -0.25) is 14.7 Å². The molecular formula is C22H36N4O2. The van der Waals surface area contributed by atoms with Crippen molar-refractivity contribution in [2.75, 3.05) is 39.9 Å². The van der Waals surface area contributed by atoms with E-state index in [1.54, 1.807) is 7.11 Å². The van der Waals surface area contributed by atoms with E-state index in [-0.39, 0.29) is 17.9 Å². The first-order valence-corrected chi connectivity index (χ1v) is 10.7. The number of nitrogens with one attached hydrogen (secondary N) is 1. The molecule has 2 aliphatic rings. The van der Waals surface area contributed by atoms with Crippen LogP contribution in [-0.4, -0.2) is 72.7 Å². The topological polar surface area (TPSA) is 57.7 Å². The van der Waals surface area contributed by atoms with E-state index in [1.807, 2.05) is 6.92 Å². The lowest BCUT2D eigenvalue weighted by molar-refractivity contribution is -0.127. The second-order valence-electron chi connectivity index (χ2n) is 8.45. The summed E-state index contributed by atoms with van der Waals surface area (Å²) < 4.78 is 5.11. The number of likely N-dealkylation sites (tertiary alicyclic amines) is 2. The Labute approximate surface area is 169 Å². The summed E-state index contributed by atoms with van der Waals surface area (Å²) in [4.78, 5) is 22.2. The Morgan fingerprint density at radius 1 is 1.21 bits per heavy atom. The Bertz CT molecular complexity index is 623.